The number of anilines is 2. The Morgan fingerprint density at radius 2 is 1.64 bits per heavy atom. The molecule has 3 fully saturated rings. The predicted molar refractivity (Wildman–Crippen MR) is 307 cm³/mol. The number of carbonyl (C=O) groups excluding carboxylic acids is 2. The topological polar surface area (TPSA) is 219 Å². The number of halogens is 5. The number of benzene rings is 5. The van der Waals surface area contributed by atoms with Crippen LogP contribution in [-0.4, -0.2) is 111 Å². The molecule has 2 amide bonds. The van der Waals surface area contributed by atoms with Crippen molar-refractivity contribution < 1.29 is 46.5 Å². The number of nitrogen functional groups attached to an aromatic ring is 1. The fourth-order valence-corrected chi connectivity index (χ4v) is 12.7. The molecule has 5 aromatic carbocycles. The van der Waals surface area contributed by atoms with Gasteiger partial charge in [-0.25, -0.2) is 22.2 Å². The van der Waals surface area contributed by atoms with Crippen LogP contribution in [0.3, 0.4) is 0 Å². The lowest BCUT2D eigenvalue weighted by molar-refractivity contribution is -0.142. The zero-order valence-corrected chi connectivity index (χ0v) is 47.2. The summed E-state index contributed by atoms with van der Waals surface area (Å²) < 4.78 is 78.9. The van der Waals surface area contributed by atoms with Gasteiger partial charge in [0.25, 0.3) is 0 Å². The van der Waals surface area contributed by atoms with Crippen molar-refractivity contribution in [3.8, 4) is 51.3 Å². The SMILES string of the molecule is CO[C@@H](C)COc1nc(N2CC3CCC(C2)N3)c2cc(Cl)c(-c3ccc(F)c4sc(N)c(C#N)c34)c(OCc3ccc(-c4cn(C(C(=O)N5CCCC5C(=O)NC(CO)c5ccc(-c6c(F)ccc(F)c6F)cc5)C(C)C)nn4)cc3)c2n1. The molecule has 430 valence electrons. The molecule has 5 unspecified atom stereocenters. The molecule has 23 heteroatoms. The van der Waals surface area contributed by atoms with Gasteiger partial charge in [-0.1, -0.05) is 85.3 Å². The molecule has 3 saturated heterocycles. The van der Waals surface area contributed by atoms with E-state index < -0.39 is 59.5 Å². The molecule has 2 bridgehead atoms. The van der Waals surface area contributed by atoms with Crippen molar-refractivity contribution in [1.29, 1.82) is 5.26 Å². The van der Waals surface area contributed by atoms with Crippen LogP contribution in [-0.2, 0) is 20.9 Å². The molecule has 3 aromatic heterocycles. The van der Waals surface area contributed by atoms with Crippen LogP contribution >= 0.6 is 22.9 Å². The number of rotatable bonds is 18. The number of piperazine rings is 1. The van der Waals surface area contributed by atoms with Crippen LogP contribution in [0, 0.1) is 40.5 Å². The van der Waals surface area contributed by atoms with E-state index in [2.05, 4.69) is 31.9 Å². The fourth-order valence-electron chi connectivity index (χ4n) is 11.4. The van der Waals surface area contributed by atoms with Crippen LogP contribution < -0.4 is 30.7 Å². The Morgan fingerprint density at radius 3 is 2.34 bits per heavy atom. The lowest BCUT2D eigenvalue weighted by Gasteiger charge is -2.34. The number of nitrogens with zero attached hydrogens (tertiary/aromatic N) is 8. The highest BCUT2D eigenvalue weighted by atomic mass is 35.5. The van der Waals surface area contributed by atoms with Gasteiger partial charge in [-0.3, -0.25) is 9.59 Å². The number of aliphatic hydroxyl groups is 1. The van der Waals surface area contributed by atoms with E-state index in [1.165, 1.54) is 39.9 Å². The van der Waals surface area contributed by atoms with Gasteiger partial charge in [0, 0.05) is 60.7 Å². The number of carbonyl (C=O) groups is 2. The van der Waals surface area contributed by atoms with Gasteiger partial charge in [0.2, 0.25) is 11.8 Å². The van der Waals surface area contributed by atoms with Crippen molar-refractivity contribution in [1.82, 2.24) is 40.5 Å². The lowest BCUT2D eigenvalue weighted by atomic mass is 9.96. The number of nitrogens with two attached hydrogens (primary N) is 1. The molecule has 0 saturated carbocycles. The van der Waals surface area contributed by atoms with Crippen molar-refractivity contribution in [2.75, 3.05) is 50.6 Å². The molecule has 6 heterocycles. The summed E-state index contributed by atoms with van der Waals surface area (Å²) in [6, 6.07) is 19.4. The molecule has 5 N–H and O–H groups in total. The third-order valence-electron chi connectivity index (χ3n) is 15.7. The minimum atomic E-state index is -1.33. The molecular weight excluding hydrogens is 1110 g/mol. The van der Waals surface area contributed by atoms with E-state index in [9.17, 15) is 33.1 Å². The van der Waals surface area contributed by atoms with Crippen LogP contribution in [0.5, 0.6) is 11.8 Å². The molecule has 3 aliphatic heterocycles. The number of aliphatic hydroxyl groups excluding tert-OH is 1. The highest BCUT2D eigenvalue weighted by molar-refractivity contribution is 7.23. The number of fused-ring (bicyclic) bond motifs is 4. The lowest BCUT2D eigenvalue weighted by Crippen LogP contribution is -2.51. The van der Waals surface area contributed by atoms with Gasteiger partial charge in [-0.15, -0.1) is 16.4 Å². The molecule has 11 rings (SSSR count). The van der Waals surface area contributed by atoms with Gasteiger partial charge in [-0.05, 0) is 85.0 Å². The minimum Gasteiger partial charge on any atom is -0.486 e. The van der Waals surface area contributed by atoms with Gasteiger partial charge >= 0.3 is 6.01 Å². The first-order valence-electron chi connectivity index (χ1n) is 27.2. The van der Waals surface area contributed by atoms with Crippen LogP contribution in [0.25, 0.3) is 54.5 Å². The molecule has 0 aliphatic carbocycles. The zero-order chi connectivity index (χ0) is 58.4. The summed E-state index contributed by atoms with van der Waals surface area (Å²) in [4.78, 5) is 42.2. The number of nitriles is 1. The quantitative estimate of drug-likeness (QED) is 0.0464. The molecule has 6 atom stereocenters. The van der Waals surface area contributed by atoms with Gasteiger partial charge in [0.05, 0.1) is 45.8 Å². The van der Waals surface area contributed by atoms with E-state index in [0.717, 1.165) is 35.8 Å². The summed E-state index contributed by atoms with van der Waals surface area (Å²) in [6.07, 6.45) is 4.36. The van der Waals surface area contributed by atoms with Crippen LogP contribution in [0.2, 0.25) is 5.02 Å². The Balaban J connectivity index is 0.854. The number of hydrogen-bond donors (Lipinski definition) is 4. The Labute approximate surface area is 483 Å². The summed E-state index contributed by atoms with van der Waals surface area (Å²) in [6.45, 7) is 6.91. The normalized spacial score (nSPS) is 18.0. The molecule has 3 aliphatic rings. The first-order valence-corrected chi connectivity index (χ1v) is 28.4. The summed E-state index contributed by atoms with van der Waals surface area (Å²) in [5.41, 5.74) is 9.44. The fraction of sp³-hybridized carbons (Fsp3) is 0.350. The van der Waals surface area contributed by atoms with E-state index in [-0.39, 0.29) is 80.8 Å². The summed E-state index contributed by atoms with van der Waals surface area (Å²) >= 11 is 8.36. The van der Waals surface area contributed by atoms with Gasteiger partial charge in [-0.2, -0.15) is 15.2 Å². The average Bonchev–Trinajstić information content (AvgIpc) is 2.71. The third kappa shape index (κ3) is 11.1. The van der Waals surface area contributed by atoms with Crippen molar-refractivity contribution in [2.45, 2.75) is 89.4 Å². The second kappa shape index (κ2) is 23.7. The van der Waals surface area contributed by atoms with Crippen LogP contribution in [0.1, 0.15) is 75.2 Å². The predicted octanol–water partition coefficient (Wildman–Crippen LogP) is 10.1. The van der Waals surface area contributed by atoms with E-state index in [0.29, 0.717) is 88.6 Å². The van der Waals surface area contributed by atoms with Gasteiger partial charge in [0.1, 0.15) is 65.0 Å². The summed E-state index contributed by atoms with van der Waals surface area (Å²) in [7, 11) is 1.59. The maximum Gasteiger partial charge on any atom is 0.319 e. The van der Waals surface area contributed by atoms with Crippen LogP contribution in [0.15, 0.2) is 85.1 Å². The van der Waals surface area contributed by atoms with Crippen molar-refractivity contribution in [3.63, 3.8) is 0 Å². The second-order valence-electron chi connectivity index (χ2n) is 21.5. The Bertz CT molecular complexity index is 3810. The standard InChI is InChI=1S/C60H58ClF4N11O6S/c1-30(2)53(59(79)75-21-5-6-47(75)58(78)69-46(27-77)34-11-13-35(14-12-34)48-42(62)19-20-43(63)51(48)65)76-26-45(72-73-76)33-9-7-32(8-10-33)29-81-54-50(38-17-18-44(64)55-49(38)40(23-66)56(67)83-55)41(61)22-39-52(54)70-60(82-28-31(3)80-4)71-57(39)74-24-36-15-16-37(25-74)68-36/h7-14,17-20,22,26,30-31,36-37,46-47,53,68,77H,5-6,15-16,21,24-25,27-29,67H2,1-4H3,(H,69,78)/t31-,36?,37?,46?,47?,53?/m0/s1. The van der Waals surface area contributed by atoms with Crippen molar-refractivity contribution in [3.05, 3.63) is 130 Å². The smallest absolute Gasteiger partial charge is 0.319 e. The number of aromatic nitrogens is 5. The zero-order valence-electron chi connectivity index (χ0n) is 45.6. The molecule has 0 radical (unpaired) electrons. The number of amides is 2. The highest BCUT2D eigenvalue weighted by Gasteiger charge is 2.40. The average molecular weight is 1170 g/mol. The first kappa shape index (κ1) is 56.9. The van der Waals surface area contributed by atoms with E-state index in [4.69, 9.17) is 41.5 Å². The van der Waals surface area contributed by atoms with Crippen molar-refractivity contribution >= 4 is 66.6 Å². The number of hydrogen-bond acceptors (Lipinski definition) is 15. The second-order valence-corrected chi connectivity index (χ2v) is 22.9. The number of nitrogens with one attached hydrogen (secondary N) is 2. The summed E-state index contributed by atoms with van der Waals surface area (Å²) in [5.74, 6) is -4.29. The van der Waals surface area contributed by atoms with E-state index >= 15 is 4.39 Å². The van der Waals surface area contributed by atoms with Crippen LogP contribution in [0.4, 0.5) is 28.4 Å². The molecule has 0 spiro atoms. The molecule has 17 nitrogen and oxygen atoms in total. The Kier molecular flexibility index (Phi) is 16.3. The van der Waals surface area contributed by atoms with Crippen molar-refractivity contribution in [2.24, 2.45) is 5.92 Å². The minimum absolute atomic E-state index is 0.0104. The largest absolute Gasteiger partial charge is 0.486 e. The number of likely N-dealkylation sites (tertiary alicyclic amines) is 1. The molecule has 8 aromatic rings. The third-order valence-corrected chi connectivity index (χ3v) is 17.0. The monoisotopic (exact) mass is 1170 g/mol. The number of thiophene rings is 1. The number of ether oxygens (including phenoxy) is 3. The van der Waals surface area contributed by atoms with E-state index in [1.807, 2.05) is 45.0 Å². The maximum atomic E-state index is 15.6. The summed E-state index contributed by atoms with van der Waals surface area (Å²) in [5, 5.41) is 37.4. The van der Waals surface area contributed by atoms with Gasteiger partial charge in [0.15, 0.2) is 17.4 Å². The van der Waals surface area contributed by atoms with Gasteiger partial charge < -0.3 is 45.5 Å². The molecular formula is C60H58ClF4N11O6S. The molecule has 83 heavy (non-hydrogen) atoms. The number of methoxy groups -OCH3 is 1. The Morgan fingerprint density at radius 1 is 0.928 bits per heavy atom. The first-order chi connectivity index (χ1) is 40.0. The highest BCUT2D eigenvalue weighted by Crippen LogP contribution is 2.50. The maximum absolute atomic E-state index is 15.6. The van der Waals surface area contributed by atoms with E-state index in [1.54, 1.807) is 25.4 Å². The Hall–Kier alpha value is -7.94.